The molecule has 0 unspecified atom stereocenters. The quantitative estimate of drug-likeness (QED) is 0.162. The maximum atomic E-state index is 4.76. The number of anilines is 2. The van der Waals surface area contributed by atoms with E-state index in [9.17, 15) is 0 Å². The van der Waals surface area contributed by atoms with Gasteiger partial charge in [-0.15, -0.1) is 0 Å². The zero-order valence-corrected chi connectivity index (χ0v) is 36.4. The van der Waals surface area contributed by atoms with Gasteiger partial charge in [0, 0.05) is 29.5 Å². The minimum absolute atomic E-state index is 0.902. The van der Waals surface area contributed by atoms with Gasteiger partial charge in [0.15, 0.2) is 0 Å². The smallest absolute Gasteiger partial charge is 0.0490 e. The molecule has 0 atom stereocenters. The van der Waals surface area contributed by atoms with Gasteiger partial charge in [-0.3, -0.25) is 0 Å². The number of fused-ring (bicyclic) bond motifs is 3. The van der Waals surface area contributed by atoms with E-state index in [1.807, 2.05) is 6.20 Å². The summed E-state index contributed by atoms with van der Waals surface area (Å²) in [5.41, 5.74) is 14.5. The summed E-state index contributed by atoms with van der Waals surface area (Å²) < 4.78 is 0. The van der Waals surface area contributed by atoms with Crippen LogP contribution in [0.25, 0.3) is 82.5 Å². The number of aromatic nitrogens is 1. The fraction of sp³-hybridized carbons (Fsp3) is 0.0159. The second kappa shape index (κ2) is 18.5. The molecule has 310 valence electrons. The zero-order chi connectivity index (χ0) is 44.0. The molecule has 0 spiro atoms. The van der Waals surface area contributed by atoms with Crippen molar-refractivity contribution in [1.29, 1.82) is 0 Å². The van der Waals surface area contributed by atoms with E-state index in [0.29, 0.717) is 0 Å². The lowest BCUT2D eigenvalue weighted by Gasteiger charge is -2.29. The van der Waals surface area contributed by atoms with Crippen LogP contribution in [0.3, 0.4) is 0 Å². The highest BCUT2D eigenvalue weighted by atomic mass is 15.1. The number of para-hydroxylation sites is 2. The van der Waals surface area contributed by atoms with Crippen LogP contribution in [0.5, 0.6) is 0 Å². The van der Waals surface area contributed by atoms with E-state index in [0.717, 1.165) is 72.4 Å². The molecule has 1 N–H and O–H groups in total. The fourth-order valence-corrected chi connectivity index (χ4v) is 9.05. The van der Waals surface area contributed by atoms with Gasteiger partial charge in [-0.05, 0) is 137 Å². The number of H-pyrrole nitrogens is 1. The number of hydrogen-bond donors (Lipinski definition) is 1. The first-order chi connectivity index (χ1) is 32.1. The molecule has 0 radical (unpaired) electrons. The lowest BCUT2D eigenvalue weighted by Crippen LogP contribution is -2.15. The van der Waals surface area contributed by atoms with Gasteiger partial charge in [-0.1, -0.05) is 207 Å². The molecule has 2 heteroatoms. The summed E-state index contributed by atoms with van der Waals surface area (Å²) in [7, 11) is 0. The van der Waals surface area contributed by atoms with E-state index >= 15 is 0 Å². The maximum Gasteiger partial charge on any atom is 0.0490 e. The molecule has 0 bridgehead atoms. The largest absolute Gasteiger partial charge is 0.367 e. The standard InChI is InChI=1S/C63H48N2/c1-45-21-14-19-34-61(45)65(56-28-10-7-11-29-56)46(2)49-26-20-27-52(41-49)59-30-12-5-3-8-22-47-24-15-17-32-57(47)62(59)53-37-35-51-43-54(38-36-50(51)42-53)63-58-33-18-16-25-48(58)23-9-4-6-13-31-60(63)55-39-40-64-44-55/h3-44,64H,2H2,1H3. The van der Waals surface area contributed by atoms with Crippen molar-refractivity contribution in [2.45, 2.75) is 6.92 Å². The molecule has 1 heterocycles. The van der Waals surface area contributed by atoms with Crippen molar-refractivity contribution in [3.8, 4) is 44.5 Å². The molecule has 65 heavy (non-hydrogen) atoms. The molecule has 10 aromatic rings. The first-order valence-corrected chi connectivity index (χ1v) is 22.2. The number of nitrogens with one attached hydrogen (secondary N) is 1. The second-order valence-corrected chi connectivity index (χ2v) is 16.3. The van der Waals surface area contributed by atoms with Crippen LogP contribution in [0, 0.1) is 6.92 Å². The topological polar surface area (TPSA) is 19.0 Å². The van der Waals surface area contributed by atoms with Gasteiger partial charge in [0.1, 0.15) is 0 Å². The third kappa shape index (κ3) is 8.42. The average molecular weight is 833 g/mol. The number of nitrogens with zero attached hydrogens (tertiary/aromatic N) is 1. The lowest BCUT2D eigenvalue weighted by molar-refractivity contribution is 1.26. The first-order valence-electron chi connectivity index (χ1n) is 22.2. The summed E-state index contributed by atoms with van der Waals surface area (Å²) in [6.07, 6.45) is 4.08. The Hall–Kier alpha value is -8.46. The van der Waals surface area contributed by atoms with Gasteiger partial charge in [-0.25, -0.2) is 0 Å². The number of hydrogen-bond acceptors (Lipinski definition) is 1. The van der Waals surface area contributed by atoms with Crippen molar-refractivity contribution in [1.82, 2.24) is 4.98 Å². The van der Waals surface area contributed by atoms with Gasteiger partial charge in [0.2, 0.25) is 0 Å². The van der Waals surface area contributed by atoms with E-state index in [1.165, 1.54) is 32.7 Å². The molecule has 0 saturated heterocycles. The van der Waals surface area contributed by atoms with Crippen molar-refractivity contribution in [3.05, 3.63) is 273 Å². The molecular formula is C63H48N2. The first kappa shape index (κ1) is 40.6. The Balaban J connectivity index is 1.16. The van der Waals surface area contributed by atoms with Crippen molar-refractivity contribution >= 4 is 49.4 Å². The summed E-state index contributed by atoms with van der Waals surface area (Å²) >= 11 is 0. The molecule has 2 nitrogen and oxygen atoms in total. The fourth-order valence-electron chi connectivity index (χ4n) is 9.05. The van der Waals surface area contributed by atoms with Crippen LogP contribution in [0.1, 0.15) is 11.1 Å². The minimum atomic E-state index is 0.902. The van der Waals surface area contributed by atoms with E-state index in [-0.39, 0.29) is 0 Å². The molecule has 1 aromatic heterocycles. The second-order valence-electron chi connectivity index (χ2n) is 16.3. The summed E-state index contributed by atoms with van der Waals surface area (Å²) in [4.78, 5) is 5.57. The Kier molecular flexibility index (Phi) is 11.5. The Morgan fingerprint density at radius 3 is 1.49 bits per heavy atom. The van der Waals surface area contributed by atoms with E-state index < -0.39 is 0 Å². The maximum absolute atomic E-state index is 4.76. The van der Waals surface area contributed by atoms with Crippen molar-refractivity contribution in [2.24, 2.45) is 0 Å². The monoisotopic (exact) mass is 832 g/mol. The summed E-state index contributed by atoms with van der Waals surface area (Å²) in [6, 6.07) is 87.1. The SMILES string of the molecule is C=C(c1cccc(-c2ccccccc3ccccc3c2-c2ccc3cc(-c4c(-c5cc[nH]c5)ccccccc5ccccc45)ccc3c2)c1)N(c1ccccc1)c1ccccc1C. The number of aromatic amines is 1. The Morgan fingerprint density at radius 1 is 0.400 bits per heavy atom. The van der Waals surface area contributed by atoms with Gasteiger partial charge in [-0.2, -0.15) is 0 Å². The molecule has 0 saturated carbocycles. The third-order valence-electron chi connectivity index (χ3n) is 12.2. The molecule has 0 amide bonds. The van der Waals surface area contributed by atoms with Gasteiger partial charge in [0.05, 0.1) is 0 Å². The number of benzene rings is 7. The average Bonchev–Trinajstić information content (AvgIpc) is 3.90. The molecule has 0 aliphatic heterocycles. The van der Waals surface area contributed by atoms with Crippen LogP contribution in [0.4, 0.5) is 11.4 Å². The predicted molar refractivity (Wildman–Crippen MR) is 279 cm³/mol. The highest BCUT2D eigenvalue weighted by molar-refractivity contribution is 6.07. The van der Waals surface area contributed by atoms with Gasteiger partial charge < -0.3 is 9.88 Å². The zero-order valence-electron chi connectivity index (χ0n) is 36.4. The van der Waals surface area contributed by atoms with Crippen LogP contribution in [-0.4, -0.2) is 4.98 Å². The van der Waals surface area contributed by atoms with Crippen LogP contribution in [0.15, 0.2) is 262 Å². The molecule has 0 aliphatic carbocycles. The number of aryl methyl sites for hydroxylation is 1. The molecule has 10 rings (SSSR count). The summed E-state index contributed by atoms with van der Waals surface area (Å²) in [5.74, 6) is 0. The van der Waals surface area contributed by atoms with Crippen molar-refractivity contribution < 1.29 is 0 Å². The summed E-state index contributed by atoms with van der Waals surface area (Å²) in [6.45, 7) is 6.92. The van der Waals surface area contributed by atoms with Crippen LogP contribution >= 0.6 is 0 Å². The normalized spacial score (nSPS) is 10.9. The highest BCUT2D eigenvalue weighted by Gasteiger charge is 2.19. The lowest BCUT2D eigenvalue weighted by atomic mass is 9.89. The van der Waals surface area contributed by atoms with Gasteiger partial charge >= 0.3 is 0 Å². The predicted octanol–water partition coefficient (Wildman–Crippen LogP) is 17.5. The molecule has 9 aromatic carbocycles. The highest BCUT2D eigenvalue weighted by Crippen LogP contribution is 2.42. The van der Waals surface area contributed by atoms with Gasteiger partial charge in [0.25, 0.3) is 0 Å². The molecular weight excluding hydrogens is 785 g/mol. The Labute approximate surface area is 381 Å². The van der Waals surface area contributed by atoms with Crippen LogP contribution in [-0.2, 0) is 0 Å². The third-order valence-corrected chi connectivity index (χ3v) is 12.2. The Bertz CT molecular complexity index is 3470. The Morgan fingerprint density at radius 2 is 0.908 bits per heavy atom. The van der Waals surface area contributed by atoms with E-state index in [2.05, 4.69) is 266 Å². The molecule has 0 fully saturated rings. The van der Waals surface area contributed by atoms with Crippen molar-refractivity contribution in [3.63, 3.8) is 0 Å². The van der Waals surface area contributed by atoms with Crippen molar-refractivity contribution in [2.75, 3.05) is 4.90 Å². The number of rotatable bonds is 8. The summed E-state index contributed by atoms with van der Waals surface area (Å²) in [5, 5.41) is 7.02. The van der Waals surface area contributed by atoms with E-state index in [4.69, 9.17) is 6.58 Å². The van der Waals surface area contributed by atoms with E-state index in [1.54, 1.807) is 0 Å². The van der Waals surface area contributed by atoms with Crippen LogP contribution in [0.2, 0.25) is 0 Å². The molecule has 0 aliphatic rings. The van der Waals surface area contributed by atoms with Crippen LogP contribution < -0.4 is 4.90 Å². The minimum Gasteiger partial charge on any atom is -0.367 e.